The molecule has 2 N–H and O–H groups in total. The standard InChI is InChI=1S/C22H29N3O4S/c1-24(20(16-25-12-6-7-13-25)18-8-4-3-5-9-18)22(27)15-17-10-11-21(26)19(14-17)23-30(2,28)29/h3-5,8-11,14,20,23,26H,6-7,12-13,15-16H2,1-2H3/t20-/m1/s1. The number of aromatic hydroxyl groups is 1. The molecule has 2 aromatic carbocycles. The van der Waals surface area contributed by atoms with Crippen molar-refractivity contribution in [3.63, 3.8) is 0 Å². The Balaban J connectivity index is 1.77. The van der Waals surface area contributed by atoms with Crippen LogP contribution in [0.25, 0.3) is 0 Å². The molecular weight excluding hydrogens is 402 g/mol. The number of likely N-dealkylation sites (tertiary alicyclic amines) is 1. The number of hydrogen-bond donors (Lipinski definition) is 2. The highest BCUT2D eigenvalue weighted by Crippen LogP contribution is 2.27. The molecule has 1 aliphatic rings. The molecule has 30 heavy (non-hydrogen) atoms. The van der Waals surface area contributed by atoms with Crippen molar-refractivity contribution in [2.24, 2.45) is 0 Å². The van der Waals surface area contributed by atoms with E-state index in [-0.39, 0.29) is 29.8 Å². The van der Waals surface area contributed by atoms with Crippen LogP contribution in [-0.2, 0) is 21.2 Å². The third-order valence-electron chi connectivity index (χ3n) is 5.39. The van der Waals surface area contributed by atoms with Crippen LogP contribution in [0.3, 0.4) is 0 Å². The minimum atomic E-state index is -3.54. The van der Waals surface area contributed by atoms with Gasteiger partial charge in [-0.15, -0.1) is 0 Å². The Bertz CT molecular complexity index is 973. The van der Waals surface area contributed by atoms with Crippen molar-refractivity contribution >= 4 is 21.6 Å². The zero-order chi connectivity index (χ0) is 21.7. The summed E-state index contributed by atoms with van der Waals surface area (Å²) in [5.74, 6) is -0.250. The molecule has 7 nitrogen and oxygen atoms in total. The van der Waals surface area contributed by atoms with Crippen LogP contribution < -0.4 is 4.72 Å². The lowest BCUT2D eigenvalue weighted by atomic mass is 10.0. The molecule has 0 unspecified atom stereocenters. The average Bonchev–Trinajstić information content (AvgIpc) is 3.21. The summed E-state index contributed by atoms with van der Waals surface area (Å²) in [5, 5.41) is 9.91. The first-order chi connectivity index (χ1) is 14.2. The highest BCUT2D eigenvalue weighted by atomic mass is 32.2. The second-order valence-electron chi connectivity index (χ2n) is 7.84. The molecule has 8 heteroatoms. The van der Waals surface area contributed by atoms with Crippen LogP contribution in [0.1, 0.15) is 30.0 Å². The molecule has 0 saturated carbocycles. The van der Waals surface area contributed by atoms with Crippen molar-refractivity contribution < 1.29 is 18.3 Å². The van der Waals surface area contributed by atoms with Gasteiger partial charge < -0.3 is 14.9 Å². The summed E-state index contributed by atoms with van der Waals surface area (Å²) in [6.07, 6.45) is 3.49. The van der Waals surface area contributed by atoms with Gasteiger partial charge in [-0.2, -0.15) is 0 Å². The van der Waals surface area contributed by atoms with Crippen LogP contribution in [0.15, 0.2) is 48.5 Å². The minimum absolute atomic E-state index is 0.0671. The fourth-order valence-corrected chi connectivity index (χ4v) is 4.35. The Morgan fingerprint density at radius 1 is 1.17 bits per heavy atom. The van der Waals surface area contributed by atoms with Gasteiger partial charge in [0, 0.05) is 13.6 Å². The molecule has 2 aromatic rings. The summed E-state index contributed by atoms with van der Waals surface area (Å²) >= 11 is 0. The molecule has 1 saturated heterocycles. The Morgan fingerprint density at radius 2 is 1.83 bits per heavy atom. The molecule has 1 fully saturated rings. The highest BCUT2D eigenvalue weighted by molar-refractivity contribution is 7.92. The summed E-state index contributed by atoms with van der Waals surface area (Å²) in [7, 11) is -1.72. The number of rotatable bonds is 8. The van der Waals surface area contributed by atoms with E-state index in [1.165, 1.54) is 25.0 Å². The van der Waals surface area contributed by atoms with Crippen LogP contribution in [0.2, 0.25) is 0 Å². The zero-order valence-corrected chi connectivity index (χ0v) is 18.2. The third-order valence-corrected chi connectivity index (χ3v) is 5.98. The van der Waals surface area contributed by atoms with E-state index in [4.69, 9.17) is 0 Å². The van der Waals surface area contributed by atoms with Gasteiger partial charge in [-0.05, 0) is 49.2 Å². The number of sulfonamides is 1. The van der Waals surface area contributed by atoms with Crippen molar-refractivity contribution in [1.29, 1.82) is 0 Å². The number of anilines is 1. The second kappa shape index (κ2) is 9.49. The molecule has 0 aromatic heterocycles. The number of carbonyl (C=O) groups is 1. The smallest absolute Gasteiger partial charge is 0.229 e. The van der Waals surface area contributed by atoms with E-state index in [1.807, 2.05) is 37.4 Å². The summed E-state index contributed by atoms with van der Waals surface area (Å²) in [4.78, 5) is 17.2. The maximum absolute atomic E-state index is 13.1. The number of phenolic OH excluding ortho intramolecular Hbond substituents is 1. The van der Waals surface area contributed by atoms with Gasteiger partial charge in [0.05, 0.1) is 24.4 Å². The summed E-state index contributed by atoms with van der Waals surface area (Å²) in [6, 6.07) is 14.5. The lowest BCUT2D eigenvalue weighted by molar-refractivity contribution is -0.131. The van der Waals surface area contributed by atoms with Crippen LogP contribution in [0, 0.1) is 0 Å². The fourth-order valence-electron chi connectivity index (χ4n) is 3.78. The second-order valence-corrected chi connectivity index (χ2v) is 9.59. The molecule has 0 bridgehead atoms. The summed E-state index contributed by atoms with van der Waals surface area (Å²) < 4.78 is 25.3. The molecule has 0 spiro atoms. The molecule has 0 aliphatic carbocycles. The van der Waals surface area contributed by atoms with Gasteiger partial charge in [-0.1, -0.05) is 36.4 Å². The van der Waals surface area contributed by atoms with E-state index < -0.39 is 10.0 Å². The molecule has 1 amide bonds. The van der Waals surface area contributed by atoms with Gasteiger partial charge in [0.2, 0.25) is 15.9 Å². The van der Waals surface area contributed by atoms with Crippen LogP contribution >= 0.6 is 0 Å². The number of nitrogens with one attached hydrogen (secondary N) is 1. The SMILES string of the molecule is CN(C(=O)Cc1ccc(O)c(NS(C)(=O)=O)c1)[C@H](CN1CCCC1)c1ccccc1. The predicted octanol–water partition coefficient (Wildman–Crippen LogP) is 2.60. The monoisotopic (exact) mass is 431 g/mol. The molecule has 0 radical (unpaired) electrons. The number of benzene rings is 2. The molecule has 1 atom stereocenters. The maximum atomic E-state index is 13.1. The number of hydrogen-bond acceptors (Lipinski definition) is 5. The van der Waals surface area contributed by atoms with Gasteiger partial charge >= 0.3 is 0 Å². The minimum Gasteiger partial charge on any atom is -0.506 e. The van der Waals surface area contributed by atoms with E-state index in [0.717, 1.165) is 31.5 Å². The number of amides is 1. The van der Waals surface area contributed by atoms with Crippen molar-refractivity contribution in [3.05, 3.63) is 59.7 Å². The Morgan fingerprint density at radius 3 is 2.47 bits per heavy atom. The summed E-state index contributed by atoms with van der Waals surface area (Å²) in [5.41, 5.74) is 1.79. The number of phenols is 1. The first-order valence-electron chi connectivity index (χ1n) is 10.1. The summed E-state index contributed by atoms with van der Waals surface area (Å²) in [6.45, 7) is 2.87. The zero-order valence-electron chi connectivity index (χ0n) is 17.4. The van der Waals surface area contributed by atoms with E-state index >= 15 is 0 Å². The van der Waals surface area contributed by atoms with Crippen molar-refractivity contribution in [2.75, 3.05) is 37.7 Å². The third kappa shape index (κ3) is 5.96. The van der Waals surface area contributed by atoms with Gasteiger partial charge in [0.1, 0.15) is 5.75 Å². The lowest BCUT2D eigenvalue weighted by Crippen LogP contribution is -2.39. The van der Waals surface area contributed by atoms with Gasteiger partial charge in [-0.25, -0.2) is 8.42 Å². The van der Waals surface area contributed by atoms with E-state index in [1.54, 1.807) is 11.0 Å². The maximum Gasteiger partial charge on any atom is 0.229 e. The first kappa shape index (κ1) is 22.1. The van der Waals surface area contributed by atoms with Gasteiger partial charge in [-0.3, -0.25) is 9.52 Å². The number of carbonyl (C=O) groups excluding carboxylic acids is 1. The Labute approximate surface area is 178 Å². The van der Waals surface area contributed by atoms with Crippen molar-refractivity contribution in [1.82, 2.24) is 9.80 Å². The highest BCUT2D eigenvalue weighted by Gasteiger charge is 2.25. The molecule has 162 valence electrons. The predicted molar refractivity (Wildman–Crippen MR) is 118 cm³/mol. The van der Waals surface area contributed by atoms with Crippen LogP contribution in [-0.4, -0.2) is 62.2 Å². The topological polar surface area (TPSA) is 90.0 Å². The largest absolute Gasteiger partial charge is 0.506 e. The molecular formula is C22H29N3O4S. The number of nitrogens with zero attached hydrogens (tertiary/aromatic N) is 2. The van der Waals surface area contributed by atoms with Gasteiger partial charge in [0.15, 0.2) is 0 Å². The quantitative estimate of drug-likeness (QED) is 0.627. The van der Waals surface area contributed by atoms with Crippen LogP contribution in [0.4, 0.5) is 5.69 Å². The van der Waals surface area contributed by atoms with E-state index in [9.17, 15) is 18.3 Å². The fraction of sp³-hybridized carbons (Fsp3) is 0.409. The molecule has 1 heterocycles. The van der Waals surface area contributed by atoms with Crippen molar-refractivity contribution in [2.45, 2.75) is 25.3 Å². The first-order valence-corrected chi connectivity index (χ1v) is 11.9. The Hall–Kier alpha value is -2.58. The van der Waals surface area contributed by atoms with E-state index in [2.05, 4.69) is 9.62 Å². The average molecular weight is 432 g/mol. The van der Waals surface area contributed by atoms with E-state index in [0.29, 0.717) is 5.56 Å². The normalized spacial score (nSPS) is 15.7. The molecule has 1 aliphatic heterocycles. The van der Waals surface area contributed by atoms with Crippen molar-refractivity contribution in [3.8, 4) is 5.75 Å². The molecule has 3 rings (SSSR count). The number of likely N-dealkylation sites (N-methyl/N-ethyl adjacent to an activating group) is 1. The van der Waals surface area contributed by atoms with Gasteiger partial charge in [0.25, 0.3) is 0 Å². The van der Waals surface area contributed by atoms with Crippen LogP contribution in [0.5, 0.6) is 5.75 Å². The Kier molecular flexibility index (Phi) is 6.99. The lowest BCUT2D eigenvalue weighted by Gasteiger charge is -2.32.